The van der Waals surface area contributed by atoms with Gasteiger partial charge < -0.3 is 19.6 Å². The van der Waals surface area contributed by atoms with Gasteiger partial charge in [0, 0.05) is 30.5 Å². The third kappa shape index (κ3) is 4.54. The van der Waals surface area contributed by atoms with Crippen LogP contribution in [0.1, 0.15) is 78.1 Å². The van der Waals surface area contributed by atoms with Crippen LogP contribution in [-0.2, 0) is 19.1 Å². The summed E-state index contributed by atoms with van der Waals surface area (Å²) in [5.41, 5.74) is 0. The lowest BCUT2D eigenvalue weighted by Crippen LogP contribution is -2.57. The number of ether oxygens (including phenoxy) is 1. The van der Waals surface area contributed by atoms with E-state index in [9.17, 15) is 19.5 Å². The maximum atomic E-state index is 14.4. The lowest BCUT2D eigenvalue weighted by molar-refractivity contribution is -0.155. The van der Waals surface area contributed by atoms with E-state index in [1.807, 2.05) is 4.90 Å². The molecule has 196 valence electrons. The Kier molecular flexibility index (Phi) is 8.21. The van der Waals surface area contributed by atoms with Gasteiger partial charge in [-0.2, -0.15) is 0 Å². The van der Waals surface area contributed by atoms with Crippen molar-refractivity contribution in [3.63, 3.8) is 0 Å². The third-order valence-electron chi connectivity index (χ3n) is 8.73. The molecule has 0 aromatic rings. The first kappa shape index (κ1) is 26.5. The molecule has 4 rings (SSSR count). The molecule has 0 aromatic carbocycles. The van der Waals surface area contributed by atoms with Gasteiger partial charge in [-0.3, -0.25) is 14.4 Å². The largest absolute Gasteiger partial charge is 0.466 e. The number of nitrogens with zero attached hydrogens (tertiary/aromatic N) is 2. The highest BCUT2D eigenvalue weighted by atomic mass is 32.2. The number of carbonyl (C=O) groups is 3. The van der Waals surface area contributed by atoms with Crippen molar-refractivity contribution in [2.24, 2.45) is 11.8 Å². The number of rotatable bonds is 11. The molecule has 2 amide bonds. The van der Waals surface area contributed by atoms with E-state index in [1.54, 1.807) is 29.7 Å². The minimum atomic E-state index is -0.592. The summed E-state index contributed by atoms with van der Waals surface area (Å²) in [6.07, 6.45) is 11.0. The minimum absolute atomic E-state index is 0.0241. The van der Waals surface area contributed by atoms with E-state index in [4.69, 9.17) is 4.74 Å². The molecule has 3 aliphatic heterocycles. The van der Waals surface area contributed by atoms with Crippen LogP contribution in [0.2, 0.25) is 0 Å². The highest BCUT2D eigenvalue weighted by Gasteiger charge is 2.77. The average molecular weight is 507 g/mol. The summed E-state index contributed by atoms with van der Waals surface area (Å²) in [6.45, 7) is 9.16. The summed E-state index contributed by atoms with van der Waals surface area (Å²) in [5, 5.41) is 9.21. The zero-order valence-corrected chi connectivity index (χ0v) is 22.2. The molecule has 4 fully saturated rings. The SMILES string of the molecule is C=CCN(C(=O)C1N(CCCCCO)C(=O)[C@@H]2[C@H](C(=O)OCC)[C@]3(C)CCC12S3)C1CCCCC1. The van der Waals surface area contributed by atoms with Crippen molar-refractivity contribution < 1.29 is 24.2 Å². The van der Waals surface area contributed by atoms with E-state index >= 15 is 0 Å². The van der Waals surface area contributed by atoms with E-state index in [-0.39, 0.29) is 41.8 Å². The summed E-state index contributed by atoms with van der Waals surface area (Å²) in [7, 11) is 0. The second kappa shape index (κ2) is 10.8. The standard InChI is InChI=1S/C27H42N2O5S/c1-4-16-28(19-12-8-6-9-13-19)24(32)22-27-15-14-26(3,35-27)21(25(33)34-5-2)20(27)23(31)29(22)17-10-7-11-18-30/h4,19-22,30H,1,5-18H2,2-3H3/t20-,21+,22?,26-,27?/m0/s1. The second-order valence-electron chi connectivity index (χ2n) is 10.9. The van der Waals surface area contributed by atoms with Crippen LogP contribution < -0.4 is 0 Å². The summed E-state index contributed by atoms with van der Waals surface area (Å²) in [4.78, 5) is 45.4. The molecule has 1 aliphatic carbocycles. The molecule has 1 N–H and O–H groups in total. The number of fused-ring (bicyclic) bond motifs is 1. The van der Waals surface area contributed by atoms with E-state index in [0.29, 0.717) is 19.5 Å². The van der Waals surface area contributed by atoms with Gasteiger partial charge in [-0.15, -0.1) is 18.3 Å². The fourth-order valence-electron chi connectivity index (χ4n) is 7.21. The topological polar surface area (TPSA) is 87.2 Å². The van der Waals surface area contributed by atoms with Gasteiger partial charge in [0.25, 0.3) is 0 Å². The van der Waals surface area contributed by atoms with Crippen LogP contribution in [0.3, 0.4) is 0 Å². The Morgan fingerprint density at radius 3 is 2.63 bits per heavy atom. The Hall–Kier alpha value is -1.54. The van der Waals surface area contributed by atoms with Gasteiger partial charge in [0.05, 0.1) is 23.2 Å². The molecular formula is C27H42N2O5S. The van der Waals surface area contributed by atoms with Crippen LogP contribution in [0.5, 0.6) is 0 Å². The van der Waals surface area contributed by atoms with Crippen molar-refractivity contribution in [2.45, 2.75) is 99.6 Å². The van der Waals surface area contributed by atoms with Crippen LogP contribution >= 0.6 is 11.8 Å². The Labute approximate surface area is 214 Å². The van der Waals surface area contributed by atoms with Gasteiger partial charge in [-0.25, -0.2) is 0 Å². The van der Waals surface area contributed by atoms with Crippen molar-refractivity contribution >= 4 is 29.5 Å². The molecule has 4 aliphatic rings. The number of thioether (sulfide) groups is 1. The minimum Gasteiger partial charge on any atom is -0.466 e. The zero-order chi connectivity index (χ0) is 25.2. The highest BCUT2D eigenvalue weighted by molar-refractivity contribution is 8.02. The normalized spacial score (nSPS) is 34.2. The van der Waals surface area contributed by atoms with Crippen molar-refractivity contribution in [1.29, 1.82) is 0 Å². The molecular weight excluding hydrogens is 464 g/mol. The number of hydrogen-bond acceptors (Lipinski definition) is 6. The first-order valence-electron chi connectivity index (χ1n) is 13.5. The molecule has 2 unspecified atom stereocenters. The van der Waals surface area contributed by atoms with E-state index in [2.05, 4.69) is 13.5 Å². The predicted molar refractivity (Wildman–Crippen MR) is 137 cm³/mol. The van der Waals surface area contributed by atoms with Crippen molar-refractivity contribution in [2.75, 3.05) is 26.3 Å². The maximum absolute atomic E-state index is 14.4. The second-order valence-corrected chi connectivity index (χ2v) is 12.8. The van der Waals surface area contributed by atoms with E-state index in [0.717, 1.165) is 51.4 Å². The molecule has 8 heteroatoms. The lowest BCUT2D eigenvalue weighted by atomic mass is 9.66. The van der Waals surface area contributed by atoms with E-state index in [1.165, 1.54) is 6.42 Å². The fourth-order valence-corrected chi connectivity index (χ4v) is 9.55. The quantitative estimate of drug-likeness (QED) is 0.262. The summed E-state index contributed by atoms with van der Waals surface area (Å²) < 4.78 is 4.48. The molecule has 0 aromatic heterocycles. The van der Waals surface area contributed by atoms with Crippen molar-refractivity contribution in [3.8, 4) is 0 Å². The van der Waals surface area contributed by atoms with Gasteiger partial charge in [0.2, 0.25) is 11.8 Å². The molecule has 3 saturated heterocycles. The average Bonchev–Trinajstić information content (AvgIpc) is 3.41. The number of aliphatic hydroxyl groups excluding tert-OH is 1. The Morgan fingerprint density at radius 1 is 1.23 bits per heavy atom. The van der Waals surface area contributed by atoms with E-state index < -0.39 is 22.6 Å². The van der Waals surface area contributed by atoms with Crippen LogP contribution in [-0.4, -0.2) is 80.6 Å². The molecule has 2 bridgehead atoms. The van der Waals surface area contributed by atoms with Crippen molar-refractivity contribution in [1.82, 2.24) is 9.80 Å². The number of hydrogen-bond donors (Lipinski definition) is 1. The van der Waals surface area contributed by atoms with Gasteiger partial charge in [0.1, 0.15) is 6.04 Å². The van der Waals surface area contributed by atoms with Gasteiger partial charge >= 0.3 is 5.97 Å². The first-order valence-corrected chi connectivity index (χ1v) is 14.4. The number of esters is 1. The lowest BCUT2D eigenvalue weighted by Gasteiger charge is -2.41. The van der Waals surface area contributed by atoms with Crippen molar-refractivity contribution in [3.05, 3.63) is 12.7 Å². The number of carbonyl (C=O) groups excluding carboxylic acids is 3. The number of unbranched alkanes of at least 4 members (excludes halogenated alkanes) is 2. The molecule has 3 heterocycles. The summed E-state index contributed by atoms with van der Waals surface area (Å²) >= 11 is 1.71. The highest BCUT2D eigenvalue weighted by Crippen LogP contribution is 2.71. The van der Waals surface area contributed by atoms with Crippen LogP contribution in [0.25, 0.3) is 0 Å². The Balaban J connectivity index is 1.70. The molecule has 0 radical (unpaired) electrons. The van der Waals surface area contributed by atoms with Crippen LogP contribution in [0.15, 0.2) is 12.7 Å². The zero-order valence-electron chi connectivity index (χ0n) is 21.4. The number of aliphatic hydroxyl groups is 1. The molecule has 1 spiro atoms. The smallest absolute Gasteiger partial charge is 0.311 e. The van der Waals surface area contributed by atoms with Gasteiger partial charge in [-0.05, 0) is 58.8 Å². The fraction of sp³-hybridized carbons (Fsp3) is 0.815. The maximum Gasteiger partial charge on any atom is 0.311 e. The Bertz CT molecular complexity index is 830. The summed E-state index contributed by atoms with van der Waals surface area (Å²) in [5.74, 6) is -1.38. The first-order chi connectivity index (χ1) is 16.8. The molecule has 35 heavy (non-hydrogen) atoms. The summed E-state index contributed by atoms with van der Waals surface area (Å²) in [6, 6.07) is -0.390. The van der Waals surface area contributed by atoms with Gasteiger partial charge in [0.15, 0.2) is 0 Å². The monoisotopic (exact) mass is 506 g/mol. The third-order valence-corrected chi connectivity index (χ3v) is 10.7. The van der Waals surface area contributed by atoms with Gasteiger partial charge in [-0.1, -0.05) is 25.3 Å². The number of amides is 2. The molecule has 5 atom stereocenters. The number of likely N-dealkylation sites (tertiary alicyclic amines) is 1. The molecule has 1 saturated carbocycles. The van der Waals surface area contributed by atoms with Crippen LogP contribution in [0, 0.1) is 11.8 Å². The predicted octanol–water partition coefficient (Wildman–Crippen LogP) is 3.54. The van der Waals surface area contributed by atoms with Crippen LogP contribution in [0.4, 0.5) is 0 Å². The Morgan fingerprint density at radius 2 is 1.97 bits per heavy atom. The molecule has 7 nitrogen and oxygen atoms in total.